The Labute approximate surface area is 127 Å². The minimum Gasteiger partial charge on any atom is -0.399 e. The number of pyridine rings is 1. The second-order valence-electron chi connectivity index (χ2n) is 4.89. The summed E-state index contributed by atoms with van der Waals surface area (Å²) in [5.41, 5.74) is 3.62. The van der Waals surface area contributed by atoms with Gasteiger partial charge in [-0.15, -0.1) is 0 Å². The lowest BCUT2D eigenvalue weighted by molar-refractivity contribution is -0.143. The number of nitrogens with one attached hydrogen (secondary N) is 1. The summed E-state index contributed by atoms with van der Waals surface area (Å²) in [5, 5.41) is 4.41. The molecule has 23 heavy (non-hydrogen) atoms. The van der Waals surface area contributed by atoms with Gasteiger partial charge in [-0.1, -0.05) is 12.6 Å². The number of hydrogen-bond donors (Lipinski definition) is 2. The number of hydrogen-bond acceptors (Lipinski definition) is 3. The summed E-state index contributed by atoms with van der Waals surface area (Å²) < 4.78 is 41.1. The molecule has 0 saturated heterocycles. The lowest BCUT2D eigenvalue weighted by atomic mass is 10.1. The first kappa shape index (κ1) is 14.9. The van der Waals surface area contributed by atoms with Crippen LogP contribution < -0.4 is 11.3 Å². The molecule has 0 aliphatic heterocycles. The smallest absolute Gasteiger partial charge is 0.399 e. The molecule has 3 rings (SSSR count). The lowest BCUT2D eigenvalue weighted by Gasteiger charge is -2.14. The molecule has 118 valence electrons. The van der Waals surface area contributed by atoms with E-state index in [1.807, 2.05) is 0 Å². The topological polar surface area (TPSA) is 76.7 Å². The van der Waals surface area contributed by atoms with Crippen LogP contribution >= 0.6 is 0 Å². The third kappa shape index (κ3) is 2.37. The van der Waals surface area contributed by atoms with E-state index in [-0.39, 0.29) is 22.3 Å². The van der Waals surface area contributed by atoms with Gasteiger partial charge in [0.05, 0.1) is 11.9 Å². The van der Waals surface area contributed by atoms with Crippen LogP contribution in [-0.4, -0.2) is 14.8 Å². The number of H-pyrrole nitrogens is 1. The molecule has 0 spiro atoms. The van der Waals surface area contributed by atoms with E-state index in [2.05, 4.69) is 16.7 Å². The van der Waals surface area contributed by atoms with Gasteiger partial charge in [0.2, 0.25) is 0 Å². The second-order valence-corrected chi connectivity index (χ2v) is 4.89. The largest absolute Gasteiger partial charge is 0.434 e. The van der Waals surface area contributed by atoms with E-state index in [1.165, 1.54) is 30.5 Å². The number of alkyl halides is 3. The number of aromatic nitrogens is 3. The molecule has 0 fully saturated rings. The van der Waals surface area contributed by atoms with Crippen LogP contribution in [0, 0.1) is 0 Å². The van der Waals surface area contributed by atoms with Crippen LogP contribution in [0.15, 0.2) is 48.0 Å². The normalized spacial score (nSPS) is 11.8. The fourth-order valence-electron chi connectivity index (χ4n) is 2.43. The summed E-state index contributed by atoms with van der Waals surface area (Å²) in [6.07, 6.45) is -2.30. The zero-order valence-corrected chi connectivity index (χ0v) is 11.7. The fourth-order valence-corrected chi connectivity index (χ4v) is 2.43. The molecule has 0 aliphatic carbocycles. The molecule has 2 heterocycles. The Kier molecular flexibility index (Phi) is 3.24. The van der Waals surface area contributed by atoms with E-state index in [0.29, 0.717) is 5.39 Å². The third-order valence-corrected chi connectivity index (χ3v) is 3.40. The van der Waals surface area contributed by atoms with Gasteiger partial charge in [-0.25, -0.2) is 4.68 Å². The molecule has 0 amide bonds. The van der Waals surface area contributed by atoms with E-state index >= 15 is 0 Å². The number of fused-ring (bicyclic) bond motifs is 1. The fraction of sp³-hybridized carbons (Fsp3) is 0.0667. The van der Waals surface area contributed by atoms with Crippen molar-refractivity contribution in [1.29, 1.82) is 0 Å². The Balaban J connectivity index is 2.39. The average Bonchev–Trinajstić information content (AvgIpc) is 2.92. The Morgan fingerprint density at radius 1 is 1.26 bits per heavy atom. The highest BCUT2D eigenvalue weighted by Crippen LogP contribution is 2.36. The molecular weight excluding hydrogens is 309 g/mol. The maximum atomic E-state index is 13.4. The van der Waals surface area contributed by atoms with Crippen molar-refractivity contribution >= 4 is 16.5 Å². The molecule has 0 bridgehead atoms. The SMILES string of the molecule is C=C(N)c1cnn(-c2cccc3c(=O)[nH]ccc23)c1C(F)(F)F. The summed E-state index contributed by atoms with van der Waals surface area (Å²) in [7, 11) is 0. The predicted octanol–water partition coefficient (Wildman–Crippen LogP) is 2.66. The molecule has 2 aromatic heterocycles. The molecule has 0 aliphatic rings. The van der Waals surface area contributed by atoms with Crippen LogP contribution in [0.25, 0.3) is 22.2 Å². The van der Waals surface area contributed by atoms with Gasteiger partial charge < -0.3 is 10.7 Å². The van der Waals surface area contributed by atoms with Gasteiger partial charge >= 0.3 is 6.18 Å². The van der Waals surface area contributed by atoms with Crippen LogP contribution in [0.4, 0.5) is 13.2 Å². The highest BCUT2D eigenvalue weighted by molar-refractivity contribution is 5.89. The van der Waals surface area contributed by atoms with E-state index in [4.69, 9.17) is 5.73 Å². The van der Waals surface area contributed by atoms with Gasteiger partial charge in [0, 0.05) is 28.2 Å². The number of halogens is 3. The van der Waals surface area contributed by atoms with Crippen molar-refractivity contribution < 1.29 is 13.2 Å². The van der Waals surface area contributed by atoms with Gasteiger partial charge in [-0.05, 0) is 18.2 Å². The average molecular weight is 320 g/mol. The quantitative estimate of drug-likeness (QED) is 0.762. The summed E-state index contributed by atoms with van der Waals surface area (Å²) in [4.78, 5) is 14.3. The van der Waals surface area contributed by atoms with Crippen LogP contribution in [0.2, 0.25) is 0 Å². The van der Waals surface area contributed by atoms with Crippen LogP contribution in [0.1, 0.15) is 11.3 Å². The molecule has 0 saturated carbocycles. The predicted molar refractivity (Wildman–Crippen MR) is 79.9 cm³/mol. The number of nitrogens with two attached hydrogens (primary N) is 1. The van der Waals surface area contributed by atoms with Crippen molar-refractivity contribution in [3.63, 3.8) is 0 Å². The first-order valence-corrected chi connectivity index (χ1v) is 6.51. The molecular formula is C15H11F3N4O. The van der Waals surface area contributed by atoms with Gasteiger partial charge in [0.25, 0.3) is 5.56 Å². The maximum absolute atomic E-state index is 13.4. The minimum atomic E-state index is -4.68. The van der Waals surface area contributed by atoms with Gasteiger partial charge in [-0.3, -0.25) is 4.79 Å². The van der Waals surface area contributed by atoms with E-state index in [9.17, 15) is 18.0 Å². The van der Waals surface area contributed by atoms with Gasteiger partial charge in [-0.2, -0.15) is 18.3 Å². The standard InChI is InChI=1S/C15H11F3N4O/c1-8(19)11-7-21-22(13(11)15(16,17)18)12-4-2-3-10-9(12)5-6-20-14(10)23/h2-7H,1,19H2,(H,20,23). The molecule has 0 atom stereocenters. The van der Waals surface area contributed by atoms with Crippen molar-refractivity contribution in [3.8, 4) is 5.69 Å². The Hall–Kier alpha value is -3.03. The summed E-state index contributed by atoms with van der Waals surface area (Å²) in [5.74, 6) is 0. The third-order valence-electron chi connectivity index (χ3n) is 3.40. The first-order chi connectivity index (χ1) is 10.8. The number of nitrogens with zero attached hydrogens (tertiary/aromatic N) is 2. The molecule has 1 aromatic carbocycles. The number of rotatable bonds is 2. The molecule has 8 heteroatoms. The van der Waals surface area contributed by atoms with Crippen LogP contribution in [0.5, 0.6) is 0 Å². The van der Waals surface area contributed by atoms with E-state index in [0.717, 1.165) is 10.9 Å². The molecule has 0 unspecified atom stereocenters. The van der Waals surface area contributed by atoms with E-state index in [1.54, 1.807) is 0 Å². The van der Waals surface area contributed by atoms with Crippen molar-refractivity contribution in [1.82, 2.24) is 14.8 Å². The monoisotopic (exact) mass is 320 g/mol. The highest BCUT2D eigenvalue weighted by atomic mass is 19.4. The Morgan fingerprint density at radius 2 is 2.00 bits per heavy atom. The van der Waals surface area contributed by atoms with Crippen LogP contribution in [-0.2, 0) is 6.18 Å². The molecule has 3 aromatic rings. The molecule has 3 N–H and O–H groups in total. The van der Waals surface area contributed by atoms with Crippen molar-refractivity contribution in [3.05, 3.63) is 64.8 Å². The second kappa shape index (κ2) is 5.01. The number of benzene rings is 1. The van der Waals surface area contributed by atoms with Crippen molar-refractivity contribution in [2.45, 2.75) is 6.18 Å². The van der Waals surface area contributed by atoms with E-state index < -0.39 is 17.4 Å². The van der Waals surface area contributed by atoms with Crippen LogP contribution in [0.3, 0.4) is 0 Å². The highest BCUT2D eigenvalue weighted by Gasteiger charge is 2.39. The van der Waals surface area contributed by atoms with Gasteiger partial charge in [0.15, 0.2) is 5.69 Å². The Bertz CT molecular complexity index is 969. The lowest BCUT2D eigenvalue weighted by Crippen LogP contribution is -2.17. The number of aromatic amines is 1. The molecule has 0 radical (unpaired) electrons. The minimum absolute atomic E-state index is 0.133. The van der Waals surface area contributed by atoms with Gasteiger partial charge in [0.1, 0.15) is 0 Å². The Morgan fingerprint density at radius 3 is 2.65 bits per heavy atom. The maximum Gasteiger partial charge on any atom is 0.434 e. The van der Waals surface area contributed by atoms with Crippen molar-refractivity contribution in [2.75, 3.05) is 0 Å². The van der Waals surface area contributed by atoms with Crippen molar-refractivity contribution in [2.24, 2.45) is 5.73 Å². The zero-order valence-electron chi connectivity index (χ0n) is 11.7. The summed E-state index contributed by atoms with van der Waals surface area (Å²) in [6, 6.07) is 5.99. The first-order valence-electron chi connectivity index (χ1n) is 6.51. The summed E-state index contributed by atoms with van der Waals surface area (Å²) in [6.45, 7) is 3.35. The summed E-state index contributed by atoms with van der Waals surface area (Å²) >= 11 is 0. The molecule has 5 nitrogen and oxygen atoms in total. The zero-order chi connectivity index (χ0) is 16.8.